The van der Waals surface area contributed by atoms with Gasteiger partial charge in [-0.3, -0.25) is 9.36 Å². The molecule has 0 fully saturated rings. The molecule has 0 radical (unpaired) electrons. The third-order valence-corrected chi connectivity index (χ3v) is 3.64. The van der Waals surface area contributed by atoms with Crippen molar-refractivity contribution in [3.8, 4) is 11.3 Å². The fourth-order valence-corrected chi connectivity index (χ4v) is 2.48. The van der Waals surface area contributed by atoms with E-state index in [4.69, 9.17) is 5.73 Å². The van der Waals surface area contributed by atoms with E-state index >= 15 is 0 Å². The van der Waals surface area contributed by atoms with Crippen LogP contribution in [0.5, 0.6) is 0 Å². The van der Waals surface area contributed by atoms with Gasteiger partial charge in [0, 0.05) is 30.5 Å². The number of aryl methyl sites for hydroxylation is 3. The Labute approximate surface area is 120 Å². The van der Waals surface area contributed by atoms with Crippen LogP contribution in [0.3, 0.4) is 0 Å². The average molecular weight is 275 g/mol. The number of nitrogen functional groups attached to an aromatic ring is 1. The quantitative estimate of drug-likeness (QED) is 0.912. The van der Waals surface area contributed by atoms with E-state index < -0.39 is 0 Å². The lowest BCUT2D eigenvalue weighted by Gasteiger charge is -2.04. The summed E-state index contributed by atoms with van der Waals surface area (Å²) >= 11 is 0. The summed E-state index contributed by atoms with van der Waals surface area (Å²) in [4.78, 5) is 0. The molecule has 20 heavy (non-hydrogen) atoms. The fraction of sp³-hybridized carbons (Fsp3) is 0.600. The van der Waals surface area contributed by atoms with Crippen molar-refractivity contribution in [2.24, 2.45) is 5.92 Å². The van der Waals surface area contributed by atoms with Crippen molar-refractivity contribution < 1.29 is 0 Å². The van der Waals surface area contributed by atoms with Crippen LogP contribution < -0.4 is 5.73 Å². The highest BCUT2D eigenvalue weighted by Crippen LogP contribution is 2.30. The highest BCUT2D eigenvalue weighted by molar-refractivity contribution is 5.75. The van der Waals surface area contributed by atoms with Gasteiger partial charge in [0.1, 0.15) is 5.69 Å². The van der Waals surface area contributed by atoms with Crippen LogP contribution in [-0.2, 0) is 13.1 Å². The van der Waals surface area contributed by atoms with Gasteiger partial charge >= 0.3 is 0 Å². The van der Waals surface area contributed by atoms with Crippen LogP contribution in [-0.4, -0.2) is 19.6 Å². The van der Waals surface area contributed by atoms with Gasteiger partial charge in [0.05, 0.1) is 11.4 Å². The molecule has 0 unspecified atom stereocenters. The largest absolute Gasteiger partial charge is 0.396 e. The maximum atomic E-state index is 6.15. The van der Waals surface area contributed by atoms with Gasteiger partial charge in [-0.25, -0.2) is 0 Å². The first-order valence-corrected chi connectivity index (χ1v) is 7.31. The normalized spacial score (nSPS) is 11.5. The Hall–Kier alpha value is -1.78. The zero-order valence-electron chi connectivity index (χ0n) is 13.1. The number of hydrogen-bond acceptors (Lipinski definition) is 3. The Morgan fingerprint density at radius 3 is 2.50 bits per heavy atom. The Morgan fingerprint density at radius 2 is 1.95 bits per heavy atom. The zero-order valence-corrected chi connectivity index (χ0v) is 13.1. The molecule has 0 bridgehead atoms. The number of anilines is 1. The molecule has 5 nitrogen and oxygen atoms in total. The molecule has 0 spiro atoms. The van der Waals surface area contributed by atoms with E-state index in [2.05, 4.69) is 37.9 Å². The van der Waals surface area contributed by atoms with E-state index in [1.165, 1.54) is 0 Å². The molecule has 5 heteroatoms. The van der Waals surface area contributed by atoms with Gasteiger partial charge in [0.15, 0.2) is 0 Å². The van der Waals surface area contributed by atoms with E-state index in [1.807, 2.05) is 22.5 Å². The third kappa shape index (κ3) is 2.71. The van der Waals surface area contributed by atoms with Crippen LogP contribution >= 0.6 is 0 Å². The van der Waals surface area contributed by atoms with E-state index in [9.17, 15) is 0 Å². The maximum absolute atomic E-state index is 6.15. The van der Waals surface area contributed by atoms with Crippen molar-refractivity contribution in [1.29, 1.82) is 0 Å². The maximum Gasteiger partial charge on any atom is 0.119 e. The van der Waals surface area contributed by atoms with Crippen molar-refractivity contribution in [3.05, 3.63) is 17.6 Å². The predicted molar refractivity (Wildman–Crippen MR) is 82.5 cm³/mol. The molecule has 0 saturated carbocycles. The van der Waals surface area contributed by atoms with Crippen LogP contribution in [0.2, 0.25) is 0 Å². The first-order chi connectivity index (χ1) is 9.43. The molecular formula is C15H25N5. The van der Waals surface area contributed by atoms with E-state index in [0.717, 1.165) is 47.8 Å². The number of aromatic nitrogens is 4. The molecule has 0 atom stereocenters. The van der Waals surface area contributed by atoms with Gasteiger partial charge in [-0.05, 0) is 33.1 Å². The summed E-state index contributed by atoms with van der Waals surface area (Å²) < 4.78 is 3.95. The van der Waals surface area contributed by atoms with Crippen molar-refractivity contribution in [1.82, 2.24) is 19.6 Å². The Balaban J connectivity index is 2.36. The van der Waals surface area contributed by atoms with Crippen molar-refractivity contribution in [2.45, 2.75) is 54.1 Å². The van der Waals surface area contributed by atoms with Crippen LogP contribution in [0.25, 0.3) is 11.3 Å². The first kappa shape index (κ1) is 14.6. The van der Waals surface area contributed by atoms with Gasteiger partial charge in [-0.1, -0.05) is 13.8 Å². The molecule has 0 aliphatic rings. The number of nitrogens with two attached hydrogens (primary N) is 1. The summed E-state index contributed by atoms with van der Waals surface area (Å²) in [6.45, 7) is 12.4. The fourth-order valence-electron chi connectivity index (χ4n) is 2.48. The summed E-state index contributed by atoms with van der Waals surface area (Å²) in [5, 5.41) is 9.20. The Bertz CT molecular complexity index is 592. The van der Waals surface area contributed by atoms with Crippen molar-refractivity contribution >= 4 is 5.69 Å². The van der Waals surface area contributed by atoms with Gasteiger partial charge in [-0.2, -0.15) is 10.2 Å². The standard InChI is InChI=1S/C15H25N5/c1-6-20-12(5)14(11(4)17-20)15-13(16)9-19(18-15)8-7-10(2)3/h9-10H,6-8,16H2,1-5H3. The van der Waals surface area contributed by atoms with Crippen molar-refractivity contribution in [3.63, 3.8) is 0 Å². The minimum Gasteiger partial charge on any atom is -0.396 e. The SMILES string of the molecule is CCn1nc(C)c(-c2nn(CCC(C)C)cc2N)c1C. The first-order valence-electron chi connectivity index (χ1n) is 7.31. The molecule has 0 saturated heterocycles. The summed E-state index contributed by atoms with van der Waals surface area (Å²) in [5.74, 6) is 0.662. The Morgan fingerprint density at radius 1 is 1.25 bits per heavy atom. The van der Waals surface area contributed by atoms with E-state index in [0.29, 0.717) is 5.92 Å². The topological polar surface area (TPSA) is 61.7 Å². The van der Waals surface area contributed by atoms with Crippen LogP contribution in [0.4, 0.5) is 5.69 Å². The van der Waals surface area contributed by atoms with Crippen LogP contribution in [0, 0.1) is 19.8 Å². The van der Waals surface area contributed by atoms with Gasteiger partial charge in [0.25, 0.3) is 0 Å². The summed E-state index contributed by atoms with van der Waals surface area (Å²) in [5.41, 5.74) is 10.9. The third-order valence-electron chi connectivity index (χ3n) is 3.64. The lowest BCUT2D eigenvalue weighted by atomic mass is 10.1. The molecule has 0 aromatic carbocycles. The zero-order chi connectivity index (χ0) is 14.9. The summed E-state index contributed by atoms with van der Waals surface area (Å²) in [6.07, 6.45) is 3.03. The molecule has 2 heterocycles. The lowest BCUT2D eigenvalue weighted by molar-refractivity contribution is 0.488. The highest BCUT2D eigenvalue weighted by Gasteiger charge is 2.18. The molecule has 0 aliphatic carbocycles. The predicted octanol–water partition coefficient (Wildman–Crippen LogP) is 3.01. The monoisotopic (exact) mass is 275 g/mol. The summed E-state index contributed by atoms with van der Waals surface area (Å²) in [6, 6.07) is 0. The number of nitrogens with zero attached hydrogens (tertiary/aromatic N) is 4. The van der Waals surface area contributed by atoms with Crippen LogP contribution in [0.1, 0.15) is 38.6 Å². The Kier molecular flexibility index (Phi) is 4.16. The molecule has 2 aromatic rings. The van der Waals surface area contributed by atoms with Gasteiger partial charge in [0.2, 0.25) is 0 Å². The summed E-state index contributed by atoms with van der Waals surface area (Å²) in [7, 11) is 0. The molecule has 0 aliphatic heterocycles. The van der Waals surface area contributed by atoms with Crippen LogP contribution in [0.15, 0.2) is 6.20 Å². The smallest absolute Gasteiger partial charge is 0.119 e. The van der Waals surface area contributed by atoms with E-state index in [1.54, 1.807) is 0 Å². The van der Waals surface area contributed by atoms with Gasteiger partial charge in [-0.15, -0.1) is 0 Å². The van der Waals surface area contributed by atoms with Crippen molar-refractivity contribution in [2.75, 3.05) is 5.73 Å². The second-order valence-electron chi connectivity index (χ2n) is 5.74. The van der Waals surface area contributed by atoms with Gasteiger partial charge < -0.3 is 5.73 Å². The molecular weight excluding hydrogens is 250 g/mol. The number of hydrogen-bond donors (Lipinski definition) is 1. The molecule has 2 N–H and O–H groups in total. The number of rotatable bonds is 5. The molecule has 0 amide bonds. The molecule has 2 aromatic heterocycles. The lowest BCUT2D eigenvalue weighted by Crippen LogP contribution is -2.02. The minimum atomic E-state index is 0.662. The minimum absolute atomic E-state index is 0.662. The average Bonchev–Trinajstić information content (AvgIpc) is 2.87. The second-order valence-corrected chi connectivity index (χ2v) is 5.74. The molecule has 110 valence electrons. The van der Waals surface area contributed by atoms with E-state index in [-0.39, 0.29) is 0 Å². The molecule has 2 rings (SSSR count). The second kappa shape index (κ2) is 5.69. The highest BCUT2D eigenvalue weighted by atomic mass is 15.3.